The first-order valence-corrected chi connectivity index (χ1v) is 9.01. The number of hydrogen-bond donors (Lipinski definition) is 2. The molecule has 2 unspecified atom stereocenters. The maximum Gasteiger partial charge on any atom is 0.193 e. The molecule has 5 nitrogen and oxygen atoms in total. The van der Waals surface area contributed by atoms with E-state index in [9.17, 15) is 0 Å². The fourth-order valence-corrected chi connectivity index (χ4v) is 3.50. The van der Waals surface area contributed by atoms with Crippen LogP contribution in [0.5, 0.6) is 11.5 Å². The van der Waals surface area contributed by atoms with Crippen molar-refractivity contribution in [2.75, 3.05) is 26.1 Å². The Morgan fingerprint density at radius 1 is 1.15 bits per heavy atom. The van der Waals surface area contributed by atoms with Crippen LogP contribution in [0, 0.1) is 5.92 Å². The Bertz CT molecular complexity index is 826. The lowest BCUT2D eigenvalue weighted by molar-refractivity contribution is 0.355. The summed E-state index contributed by atoms with van der Waals surface area (Å²) >= 11 is 12.2. The summed E-state index contributed by atoms with van der Waals surface area (Å²) in [5.41, 5.74) is 7.92. The lowest BCUT2D eigenvalue weighted by atomic mass is 10.1. The van der Waals surface area contributed by atoms with Crippen molar-refractivity contribution in [3.05, 3.63) is 52.0 Å². The zero-order valence-electron chi connectivity index (χ0n) is 14.6. The van der Waals surface area contributed by atoms with Crippen molar-refractivity contribution in [2.24, 2.45) is 16.6 Å². The van der Waals surface area contributed by atoms with Gasteiger partial charge in [-0.2, -0.15) is 0 Å². The van der Waals surface area contributed by atoms with E-state index in [2.05, 4.69) is 10.3 Å². The third-order valence-corrected chi connectivity index (χ3v) is 5.00. The van der Waals surface area contributed by atoms with Crippen LogP contribution in [0.4, 0.5) is 5.69 Å². The number of nitrogens with one attached hydrogen (secondary N) is 1. The lowest BCUT2D eigenvalue weighted by Gasteiger charge is -2.11. The second kappa shape index (κ2) is 8.06. The molecule has 138 valence electrons. The van der Waals surface area contributed by atoms with Crippen LogP contribution in [-0.2, 0) is 0 Å². The number of guanidine groups is 1. The van der Waals surface area contributed by atoms with Gasteiger partial charge in [-0.25, -0.2) is 0 Å². The van der Waals surface area contributed by atoms with Gasteiger partial charge in [0.2, 0.25) is 0 Å². The molecule has 1 fully saturated rings. The van der Waals surface area contributed by atoms with Crippen LogP contribution in [-0.4, -0.2) is 26.7 Å². The highest BCUT2D eigenvalue weighted by atomic mass is 35.5. The normalized spacial score (nSPS) is 19.2. The number of halogens is 2. The van der Waals surface area contributed by atoms with Crippen molar-refractivity contribution in [1.29, 1.82) is 0 Å². The van der Waals surface area contributed by atoms with Gasteiger partial charge < -0.3 is 20.5 Å². The van der Waals surface area contributed by atoms with Crippen LogP contribution in [0.2, 0.25) is 10.0 Å². The van der Waals surface area contributed by atoms with Crippen LogP contribution >= 0.6 is 23.2 Å². The van der Waals surface area contributed by atoms with Gasteiger partial charge in [-0.05, 0) is 48.1 Å². The molecule has 1 aliphatic rings. The first kappa shape index (κ1) is 18.7. The number of ether oxygens (including phenoxy) is 2. The summed E-state index contributed by atoms with van der Waals surface area (Å²) in [5.74, 6) is 2.51. The number of nitrogens with two attached hydrogens (primary N) is 1. The van der Waals surface area contributed by atoms with Gasteiger partial charge in [-0.15, -0.1) is 0 Å². The van der Waals surface area contributed by atoms with Crippen molar-refractivity contribution < 1.29 is 9.47 Å². The van der Waals surface area contributed by atoms with Gasteiger partial charge in [0.05, 0.1) is 14.2 Å². The van der Waals surface area contributed by atoms with E-state index in [1.807, 2.05) is 30.3 Å². The number of rotatable bonds is 6. The average molecular weight is 394 g/mol. The highest BCUT2D eigenvalue weighted by Crippen LogP contribution is 2.50. The third kappa shape index (κ3) is 4.34. The van der Waals surface area contributed by atoms with Gasteiger partial charge in [0.15, 0.2) is 17.5 Å². The molecular formula is C19H21Cl2N3O2. The predicted molar refractivity (Wildman–Crippen MR) is 107 cm³/mol. The van der Waals surface area contributed by atoms with Gasteiger partial charge in [-0.1, -0.05) is 29.3 Å². The summed E-state index contributed by atoms with van der Waals surface area (Å²) in [6, 6.07) is 11.1. The molecule has 0 amide bonds. The number of methoxy groups -OCH3 is 2. The van der Waals surface area contributed by atoms with E-state index < -0.39 is 0 Å². The quantitative estimate of drug-likeness (QED) is 0.558. The van der Waals surface area contributed by atoms with Crippen LogP contribution in [0.15, 0.2) is 41.4 Å². The van der Waals surface area contributed by atoms with E-state index in [1.165, 1.54) is 0 Å². The maximum atomic E-state index is 6.27. The average Bonchev–Trinajstić information content (AvgIpc) is 3.39. The molecule has 26 heavy (non-hydrogen) atoms. The molecule has 0 radical (unpaired) electrons. The Morgan fingerprint density at radius 2 is 1.92 bits per heavy atom. The van der Waals surface area contributed by atoms with Gasteiger partial charge in [0, 0.05) is 28.3 Å². The molecule has 1 aliphatic carbocycles. The number of nitrogens with zero attached hydrogens (tertiary/aromatic N) is 1. The van der Waals surface area contributed by atoms with Gasteiger partial charge in [0.1, 0.15) is 0 Å². The van der Waals surface area contributed by atoms with Gasteiger partial charge in [-0.3, -0.25) is 4.99 Å². The van der Waals surface area contributed by atoms with Gasteiger partial charge in [0.25, 0.3) is 0 Å². The second-order valence-electron chi connectivity index (χ2n) is 6.19. The number of aliphatic imine (C=N–C) groups is 1. The van der Waals surface area contributed by atoms with Crippen molar-refractivity contribution >= 4 is 34.8 Å². The molecule has 1 saturated carbocycles. The Hall–Kier alpha value is -2.11. The SMILES string of the molecule is COc1ccc(NC(N)=NCC2CC2c2ccc(Cl)cc2Cl)cc1OC. The van der Waals surface area contributed by atoms with Crippen LogP contribution < -0.4 is 20.5 Å². The molecule has 0 saturated heterocycles. The summed E-state index contributed by atoms with van der Waals surface area (Å²) in [6.45, 7) is 0.649. The van der Waals surface area contributed by atoms with Crippen molar-refractivity contribution in [1.82, 2.24) is 0 Å². The number of benzene rings is 2. The topological polar surface area (TPSA) is 68.9 Å². The van der Waals surface area contributed by atoms with Crippen LogP contribution in [0.1, 0.15) is 17.9 Å². The number of hydrogen-bond acceptors (Lipinski definition) is 3. The van der Waals surface area contributed by atoms with E-state index in [0.29, 0.717) is 45.9 Å². The number of anilines is 1. The Balaban J connectivity index is 1.58. The molecular weight excluding hydrogens is 373 g/mol. The first-order chi connectivity index (χ1) is 12.5. The zero-order valence-corrected chi connectivity index (χ0v) is 16.1. The standard InChI is InChI=1S/C19H21Cl2N3O2/c1-25-17-6-4-13(9-18(17)26-2)24-19(22)23-10-11-7-15(11)14-5-3-12(20)8-16(14)21/h3-6,8-9,11,15H,7,10H2,1-2H3,(H3,22,23,24). The minimum absolute atomic E-state index is 0.366. The largest absolute Gasteiger partial charge is 0.493 e. The predicted octanol–water partition coefficient (Wildman–Crippen LogP) is 4.54. The van der Waals surface area contributed by atoms with Crippen LogP contribution in [0.3, 0.4) is 0 Å². The lowest BCUT2D eigenvalue weighted by Crippen LogP contribution is -2.23. The van der Waals surface area contributed by atoms with E-state index in [1.54, 1.807) is 20.3 Å². The minimum Gasteiger partial charge on any atom is -0.493 e. The molecule has 2 atom stereocenters. The Kier molecular flexibility index (Phi) is 5.79. The van der Waals surface area contributed by atoms with E-state index in [0.717, 1.165) is 17.7 Å². The molecule has 2 aromatic rings. The molecule has 0 heterocycles. The molecule has 0 spiro atoms. The molecule has 2 aromatic carbocycles. The van der Waals surface area contributed by atoms with E-state index >= 15 is 0 Å². The second-order valence-corrected chi connectivity index (χ2v) is 7.03. The highest BCUT2D eigenvalue weighted by Gasteiger charge is 2.39. The molecule has 3 N–H and O–H groups in total. The maximum absolute atomic E-state index is 6.27. The zero-order chi connectivity index (χ0) is 18.7. The summed E-state index contributed by atoms with van der Waals surface area (Å²) in [6.07, 6.45) is 1.05. The molecule has 0 bridgehead atoms. The fraction of sp³-hybridized carbons (Fsp3) is 0.316. The van der Waals surface area contributed by atoms with Gasteiger partial charge >= 0.3 is 0 Å². The van der Waals surface area contributed by atoms with Crippen molar-refractivity contribution in [3.8, 4) is 11.5 Å². The summed E-state index contributed by atoms with van der Waals surface area (Å²) < 4.78 is 10.5. The summed E-state index contributed by atoms with van der Waals surface area (Å²) in [4.78, 5) is 4.44. The minimum atomic E-state index is 0.366. The van der Waals surface area contributed by atoms with Crippen LogP contribution in [0.25, 0.3) is 0 Å². The third-order valence-electron chi connectivity index (χ3n) is 4.44. The van der Waals surface area contributed by atoms with E-state index in [4.69, 9.17) is 38.4 Å². The summed E-state index contributed by atoms with van der Waals surface area (Å²) in [7, 11) is 3.19. The summed E-state index contributed by atoms with van der Waals surface area (Å²) in [5, 5.41) is 4.44. The molecule has 0 aliphatic heterocycles. The monoisotopic (exact) mass is 393 g/mol. The molecule has 0 aromatic heterocycles. The highest BCUT2D eigenvalue weighted by molar-refractivity contribution is 6.35. The van der Waals surface area contributed by atoms with Crippen molar-refractivity contribution in [2.45, 2.75) is 12.3 Å². The van der Waals surface area contributed by atoms with Crippen molar-refractivity contribution in [3.63, 3.8) is 0 Å². The first-order valence-electron chi connectivity index (χ1n) is 8.25. The smallest absolute Gasteiger partial charge is 0.193 e. The molecule has 3 rings (SSSR count). The fourth-order valence-electron chi connectivity index (χ4n) is 2.95. The van der Waals surface area contributed by atoms with E-state index in [-0.39, 0.29) is 0 Å². The Morgan fingerprint density at radius 3 is 2.62 bits per heavy atom. The Labute approximate surface area is 163 Å². The molecule has 7 heteroatoms.